The van der Waals surface area contributed by atoms with Crippen molar-refractivity contribution in [3.63, 3.8) is 0 Å². The zero-order chi connectivity index (χ0) is 16.7. The molecule has 0 radical (unpaired) electrons. The molecule has 0 atom stereocenters. The second-order valence-corrected chi connectivity index (χ2v) is 5.52. The molecule has 5 nitrogen and oxygen atoms in total. The van der Waals surface area contributed by atoms with Gasteiger partial charge in [-0.3, -0.25) is 9.80 Å². The van der Waals surface area contributed by atoms with Crippen molar-refractivity contribution in [1.29, 1.82) is 0 Å². The van der Waals surface area contributed by atoms with Gasteiger partial charge >= 0.3 is 5.97 Å². The third kappa shape index (κ3) is 5.29. The summed E-state index contributed by atoms with van der Waals surface area (Å²) < 4.78 is 4.60. The van der Waals surface area contributed by atoms with E-state index >= 15 is 0 Å². The number of hydrazine groups is 1. The smallest absolute Gasteiger partial charge is 0.325 e. The van der Waals surface area contributed by atoms with Crippen molar-refractivity contribution in [2.45, 2.75) is 0 Å². The highest BCUT2D eigenvalue weighted by Gasteiger charge is 2.14. The topological polar surface area (TPSA) is 44.8 Å². The maximum absolute atomic E-state index is 11.2. The normalized spacial score (nSPS) is 11.3. The number of carbonyl (C=O) groups excluding carboxylic acids is 1. The van der Waals surface area contributed by atoms with E-state index < -0.39 is 0 Å². The molecule has 0 saturated heterocycles. The second kappa shape index (κ2) is 8.73. The lowest BCUT2D eigenvalue weighted by atomic mass is 10.1. The number of thiocarbonyl (C=S) groups is 1. The van der Waals surface area contributed by atoms with E-state index in [1.54, 1.807) is 18.3 Å². The van der Waals surface area contributed by atoms with Crippen LogP contribution in [0.1, 0.15) is 5.56 Å². The predicted molar refractivity (Wildman–Crippen MR) is 93.5 cm³/mol. The van der Waals surface area contributed by atoms with Crippen LogP contribution >= 0.6 is 23.8 Å². The number of hydrogen-bond donors (Lipinski definition) is 1. The van der Waals surface area contributed by atoms with E-state index in [-0.39, 0.29) is 12.5 Å². The van der Waals surface area contributed by atoms with Crippen LogP contribution in [0.2, 0.25) is 5.02 Å². The van der Waals surface area contributed by atoms with Crippen molar-refractivity contribution in [3.8, 4) is 0 Å². The Bertz CT molecular complexity index is 558. The molecule has 0 amide bonds. The maximum atomic E-state index is 11.2. The third-order valence-corrected chi connectivity index (χ3v) is 3.74. The van der Waals surface area contributed by atoms with E-state index in [4.69, 9.17) is 23.8 Å². The summed E-state index contributed by atoms with van der Waals surface area (Å²) in [6.07, 6.45) is 1.71. The zero-order valence-electron chi connectivity index (χ0n) is 13.1. The summed E-state index contributed by atoms with van der Waals surface area (Å²) in [7, 11) is 7.01. The predicted octanol–water partition coefficient (Wildman–Crippen LogP) is 2.18. The van der Waals surface area contributed by atoms with Crippen LogP contribution in [-0.2, 0) is 9.53 Å². The summed E-state index contributed by atoms with van der Waals surface area (Å²) in [6, 6.07) is 7.35. The molecule has 1 aromatic carbocycles. The molecule has 1 rings (SSSR count). The van der Waals surface area contributed by atoms with Gasteiger partial charge in [-0.25, -0.2) is 5.01 Å². The molecule has 0 aromatic heterocycles. The number of nitrogens with zero attached hydrogens (tertiary/aromatic N) is 2. The van der Waals surface area contributed by atoms with Crippen molar-refractivity contribution < 1.29 is 9.53 Å². The molecular weight excluding hydrogens is 322 g/mol. The van der Waals surface area contributed by atoms with E-state index in [1.165, 1.54) is 7.11 Å². The van der Waals surface area contributed by atoms with Crippen LogP contribution in [-0.4, -0.2) is 55.8 Å². The van der Waals surface area contributed by atoms with Crippen molar-refractivity contribution in [2.24, 2.45) is 0 Å². The summed E-state index contributed by atoms with van der Waals surface area (Å²) >= 11 is 11.4. The highest BCUT2D eigenvalue weighted by molar-refractivity contribution is 7.81. The van der Waals surface area contributed by atoms with Gasteiger partial charge < -0.3 is 10.1 Å². The van der Waals surface area contributed by atoms with E-state index in [9.17, 15) is 4.79 Å². The van der Waals surface area contributed by atoms with Gasteiger partial charge in [0.15, 0.2) is 0 Å². The fraction of sp³-hybridized carbons (Fsp3) is 0.333. The summed E-state index contributed by atoms with van der Waals surface area (Å²) in [5.41, 5.74) is 1.69. The fourth-order valence-electron chi connectivity index (χ4n) is 1.56. The average Bonchev–Trinajstić information content (AvgIpc) is 2.51. The number of likely N-dealkylation sites (N-methyl/N-ethyl adjacent to an activating group) is 1. The van der Waals surface area contributed by atoms with Crippen molar-refractivity contribution in [1.82, 2.24) is 15.3 Å². The number of nitrogens with one attached hydrogen (secondary N) is 1. The SMILES string of the molecule is COC(=O)CNC=C(C(=S)N(C)N(C)C)c1ccc(Cl)cc1. The van der Waals surface area contributed by atoms with Crippen LogP contribution in [0.25, 0.3) is 5.57 Å². The van der Waals surface area contributed by atoms with Gasteiger partial charge in [0.1, 0.15) is 11.5 Å². The van der Waals surface area contributed by atoms with Gasteiger partial charge in [0.25, 0.3) is 0 Å². The van der Waals surface area contributed by atoms with E-state index in [0.717, 1.165) is 11.1 Å². The molecule has 1 N–H and O–H groups in total. The number of rotatable bonds is 6. The number of methoxy groups -OCH3 is 1. The van der Waals surface area contributed by atoms with Gasteiger partial charge in [0.2, 0.25) is 0 Å². The molecule has 7 heteroatoms. The molecule has 0 aliphatic rings. The molecule has 22 heavy (non-hydrogen) atoms. The van der Waals surface area contributed by atoms with Gasteiger partial charge in [-0.2, -0.15) is 0 Å². The van der Waals surface area contributed by atoms with Gasteiger partial charge in [-0.15, -0.1) is 0 Å². The first-order valence-electron chi connectivity index (χ1n) is 6.58. The Morgan fingerprint density at radius 3 is 2.41 bits per heavy atom. The molecule has 0 saturated carbocycles. The Balaban J connectivity index is 3.04. The Hall–Kier alpha value is -1.63. The molecule has 0 aliphatic heterocycles. The molecule has 0 spiro atoms. The standard InChI is InChI=1S/C15H20ClN3O2S/c1-18(2)19(3)15(22)13(9-17-10-14(20)21-4)11-5-7-12(16)8-6-11/h5-9,17H,10H2,1-4H3. The second-order valence-electron chi connectivity index (χ2n) is 4.70. The largest absolute Gasteiger partial charge is 0.468 e. The molecule has 0 fully saturated rings. The lowest BCUT2D eigenvalue weighted by Crippen LogP contribution is -2.38. The van der Waals surface area contributed by atoms with E-state index in [2.05, 4.69) is 10.1 Å². The average molecular weight is 342 g/mol. The van der Waals surface area contributed by atoms with Crippen molar-refractivity contribution in [3.05, 3.63) is 41.1 Å². The van der Waals surface area contributed by atoms with Crippen LogP contribution in [0, 0.1) is 0 Å². The van der Waals surface area contributed by atoms with Crippen molar-refractivity contribution in [2.75, 3.05) is 34.8 Å². The summed E-state index contributed by atoms with van der Waals surface area (Å²) in [6.45, 7) is 0.0713. The van der Waals surface area contributed by atoms with Gasteiger partial charge in [-0.05, 0) is 17.7 Å². The van der Waals surface area contributed by atoms with Crippen molar-refractivity contribution >= 4 is 40.3 Å². The minimum absolute atomic E-state index is 0.0713. The van der Waals surface area contributed by atoms with Gasteiger partial charge in [-0.1, -0.05) is 36.0 Å². The fourth-order valence-corrected chi connectivity index (χ4v) is 2.03. The molecule has 0 aliphatic carbocycles. The summed E-state index contributed by atoms with van der Waals surface area (Å²) in [5, 5.41) is 7.27. The first-order valence-corrected chi connectivity index (χ1v) is 7.37. The highest BCUT2D eigenvalue weighted by Crippen LogP contribution is 2.20. The third-order valence-electron chi connectivity index (χ3n) is 3.00. The molecular formula is C15H20ClN3O2S. The number of benzene rings is 1. The first kappa shape index (κ1) is 18.4. The minimum atomic E-state index is -0.349. The molecule has 1 aromatic rings. The monoisotopic (exact) mass is 341 g/mol. The zero-order valence-corrected chi connectivity index (χ0v) is 14.7. The van der Waals surface area contributed by atoms with E-state index in [0.29, 0.717) is 10.0 Å². The van der Waals surface area contributed by atoms with Gasteiger partial charge in [0, 0.05) is 37.9 Å². The number of esters is 1. The maximum Gasteiger partial charge on any atom is 0.325 e. The van der Waals surface area contributed by atoms with Gasteiger partial charge in [0.05, 0.1) is 7.11 Å². The quantitative estimate of drug-likeness (QED) is 0.370. The lowest BCUT2D eigenvalue weighted by molar-refractivity contribution is -0.139. The van der Waals surface area contributed by atoms with E-state index in [1.807, 2.05) is 43.3 Å². The Labute approximate surface area is 141 Å². The Morgan fingerprint density at radius 2 is 1.91 bits per heavy atom. The lowest BCUT2D eigenvalue weighted by Gasteiger charge is -2.28. The summed E-state index contributed by atoms with van der Waals surface area (Å²) in [4.78, 5) is 11.8. The Morgan fingerprint density at radius 1 is 1.32 bits per heavy atom. The highest BCUT2D eigenvalue weighted by atomic mass is 35.5. The van der Waals surface area contributed by atoms with Crippen LogP contribution < -0.4 is 5.32 Å². The number of hydrogen-bond acceptors (Lipinski definition) is 5. The molecule has 0 bridgehead atoms. The molecule has 0 unspecified atom stereocenters. The number of ether oxygens (including phenoxy) is 1. The number of carbonyl (C=O) groups is 1. The molecule has 0 heterocycles. The minimum Gasteiger partial charge on any atom is -0.468 e. The van der Waals surface area contributed by atoms with Crippen LogP contribution in [0.5, 0.6) is 0 Å². The molecule has 120 valence electrons. The van der Waals surface area contributed by atoms with Crippen LogP contribution in [0.4, 0.5) is 0 Å². The van der Waals surface area contributed by atoms with Crippen LogP contribution in [0.3, 0.4) is 0 Å². The number of halogens is 1. The first-order chi connectivity index (χ1) is 10.4. The Kier molecular flexibility index (Phi) is 7.31. The summed E-state index contributed by atoms with van der Waals surface area (Å²) in [5.74, 6) is -0.349. The van der Waals surface area contributed by atoms with Crippen LogP contribution in [0.15, 0.2) is 30.5 Å².